The van der Waals surface area contributed by atoms with Crippen LogP contribution in [-0.4, -0.2) is 74.4 Å². The van der Waals surface area contributed by atoms with Crippen LogP contribution in [0.5, 0.6) is 0 Å². The molecular formula is C11H21N3O. The van der Waals surface area contributed by atoms with Gasteiger partial charge in [0.2, 0.25) is 0 Å². The Kier molecular flexibility index (Phi) is 2.47. The molecule has 4 nitrogen and oxygen atoms in total. The van der Waals surface area contributed by atoms with Crippen molar-refractivity contribution in [2.45, 2.75) is 18.1 Å². The number of rotatable bonds is 1. The van der Waals surface area contributed by atoms with Crippen LogP contribution >= 0.6 is 0 Å². The molecule has 1 atom stereocenters. The molecule has 3 heterocycles. The van der Waals surface area contributed by atoms with Crippen LogP contribution in [0, 0.1) is 0 Å². The number of nitrogens with one attached hydrogen (secondary N) is 1. The van der Waals surface area contributed by atoms with E-state index in [1.165, 1.54) is 32.6 Å². The summed E-state index contributed by atoms with van der Waals surface area (Å²) < 4.78 is 5.95. The summed E-state index contributed by atoms with van der Waals surface area (Å²) in [4.78, 5) is 5.03. The minimum Gasteiger partial charge on any atom is -0.371 e. The maximum Gasteiger partial charge on any atom is 0.0946 e. The zero-order valence-corrected chi connectivity index (χ0v) is 9.54. The molecule has 1 unspecified atom stereocenters. The normalized spacial score (nSPS) is 37.0. The maximum atomic E-state index is 5.95. The molecule has 3 saturated heterocycles. The Morgan fingerprint density at radius 3 is 2.47 bits per heavy atom. The fourth-order valence-corrected chi connectivity index (χ4v) is 2.89. The van der Waals surface area contributed by atoms with E-state index in [1.807, 2.05) is 0 Å². The van der Waals surface area contributed by atoms with Crippen molar-refractivity contribution in [1.82, 2.24) is 15.1 Å². The fraction of sp³-hybridized carbons (Fsp3) is 1.00. The van der Waals surface area contributed by atoms with Gasteiger partial charge >= 0.3 is 0 Å². The average molecular weight is 211 g/mol. The molecule has 86 valence electrons. The Hall–Kier alpha value is -0.160. The van der Waals surface area contributed by atoms with Gasteiger partial charge in [-0.05, 0) is 13.5 Å². The first kappa shape index (κ1) is 10.0. The molecule has 0 radical (unpaired) electrons. The van der Waals surface area contributed by atoms with Gasteiger partial charge in [-0.25, -0.2) is 0 Å². The van der Waals surface area contributed by atoms with E-state index in [2.05, 4.69) is 22.2 Å². The summed E-state index contributed by atoms with van der Waals surface area (Å²) in [5.74, 6) is 0. The van der Waals surface area contributed by atoms with E-state index < -0.39 is 0 Å². The smallest absolute Gasteiger partial charge is 0.0946 e. The Morgan fingerprint density at radius 2 is 1.93 bits per heavy atom. The van der Waals surface area contributed by atoms with Crippen LogP contribution in [0.3, 0.4) is 0 Å². The quantitative estimate of drug-likeness (QED) is 0.625. The molecular weight excluding hydrogens is 190 g/mol. The molecule has 4 heteroatoms. The molecule has 0 saturated carbocycles. The van der Waals surface area contributed by atoms with Crippen LogP contribution in [0.2, 0.25) is 0 Å². The average Bonchev–Trinajstić information content (AvgIpc) is 2.63. The first-order chi connectivity index (χ1) is 7.27. The largest absolute Gasteiger partial charge is 0.371 e. The molecule has 15 heavy (non-hydrogen) atoms. The summed E-state index contributed by atoms with van der Waals surface area (Å²) in [5, 5.41) is 3.32. The first-order valence-electron chi connectivity index (χ1n) is 6.05. The van der Waals surface area contributed by atoms with Gasteiger partial charge in [-0.3, -0.25) is 4.90 Å². The molecule has 3 aliphatic heterocycles. The lowest BCUT2D eigenvalue weighted by atomic mass is 9.91. The lowest BCUT2D eigenvalue weighted by Gasteiger charge is -2.40. The summed E-state index contributed by atoms with van der Waals surface area (Å²) in [6.45, 7) is 7.94. The molecule has 3 rings (SSSR count). The molecule has 0 bridgehead atoms. The van der Waals surface area contributed by atoms with Crippen molar-refractivity contribution in [1.29, 1.82) is 0 Å². The summed E-state index contributed by atoms with van der Waals surface area (Å²) in [6.07, 6.45) is 1.24. The standard InChI is InChI=1S/C11H21N3O/c1-13-2-4-14(5-3-13)10-6-11(15-7-10)8-12-9-11/h10,12H,2-9H2,1H3. The van der Waals surface area contributed by atoms with Gasteiger partial charge in [-0.2, -0.15) is 0 Å². The predicted octanol–water partition coefficient (Wildman–Crippen LogP) is -0.635. The van der Waals surface area contributed by atoms with E-state index in [0.717, 1.165) is 19.7 Å². The van der Waals surface area contributed by atoms with Crippen molar-refractivity contribution < 1.29 is 4.74 Å². The second-order valence-corrected chi connectivity index (χ2v) is 5.29. The van der Waals surface area contributed by atoms with Gasteiger partial charge in [-0.1, -0.05) is 0 Å². The van der Waals surface area contributed by atoms with Gasteiger partial charge in [0.25, 0.3) is 0 Å². The van der Waals surface area contributed by atoms with Crippen molar-refractivity contribution in [2.75, 3.05) is 52.9 Å². The number of hydrogen-bond donors (Lipinski definition) is 1. The fourth-order valence-electron chi connectivity index (χ4n) is 2.89. The highest BCUT2D eigenvalue weighted by atomic mass is 16.5. The van der Waals surface area contributed by atoms with E-state index >= 15 is 0 Å². The summed E-state index contributed by atoms with van der Waals surface area (Å²) >= 11 is 0. The monoisotopic (exact) mass is 211 g/mol. The number of hydrogen-bond acceptors (Lipinski definition) is 4. The number of likely N-dealkylation sites (N-methyl/N-ethyl adjacent to an activating group) is 1. The molecule has 1 spiro atoms. The predicted molar refractivity (Wildman–Crippen MR) is 59.0 cm³/mol. The van der Waals surface area contributed by atoms with E-state index in [-0.39, 0.29) is 5.60 Å². The zero-order chi connectivity index (χ0) is 10.3. The third-order valence-electron chi connectivity index (χ3n) is 4.14. The molecule has 0 amide bonds. The van der Waals surface area contributed by atoms with Gasteiger partial charge in [0.15, 0.2) is 0 Å². The van der Waals surface area contributed by atoms with Crippen LogP contribution in [0.1, 0.15) is 6.42 Å². The Bertz CT molecular complexity index is 234. The first-order valence-corrected chi connectivity index (χ1v) is 6.05. The molecule has 0 aliphatic carbocycles. The van der Waals surface area contributed by atoms with E-state index in [4.69, 9.17) is 4.74 Å². The van der Waals surface area contributed by atoms with E-state index in [9.17, 15) is 0 Å². The van der Waals surface area contributed by atoms with E-state index in [1.54, 1.807) is 0 Å². The van der Waals surface area contributed by atoms with Crippen LogP contribution < -0.4 is 5.32 Å². The second kappa shape index (κ2) is 3.70. The van der Waals surface area contributed by atoms with Crippen LogP contribution in [0.25, 0.3) is 0 Å². The Labute approximate surface area is 91.6 Å². The number of piperazine rings is 1. The Morgan fingerprint density at radius 1 is 1.20 bits per heavy atom. The minimum absolute atomic E-state index is 0.216. The lowest BCUT2D eigenvalue weighted by Crippen LogP contribution is -2.59. The zero-order valence-electron chi connectivity index (χ0n) is 9.54. The van der Waals surface area contributed by atoms with Gasteiger partial charge in [0.05, 0.1) is 12.2 Å². The van der Waals surface area contributed by atoms with Crippen LogP contribution in [0.15, 0.2) is 0 Å². The summed E-state index contributed by atoms with van der Waals surface area (Å²) in [5.41, 5.74) is 0.216. The highest BCUT2D eigenvalue weighted by Gasteiger charge is 2.46. The van der Waals surface area contributed by atoms with Crippen LogP contribution in [0.4, 0.5) is 0 Å². The Balaban J connectivity index is 1.55. The topological polar surface area (TPSA) is 27.7 Å². The highest BCUT2D eigenvalue weighted by Crippen LogP contribution is 2.32. The molecule has 0 aromatic heterocycles. The van der Waals surface area contributed by atoms with Crippen LogP contribution in [-0.2, 0) is 4.74 Å². The molecule has 1 N–H and O–H groups in total. The molecule has 0 aromatic carbocycles. The van der Waals surface area contributed by atoms with Crippen molar-refractivity contribution in [3.8, 4) is 0 Å². The number of nitrogens with zero attached hydrogens (tertiary/aromatic N) is 2. The van der Waals surface area contributed by atoms with Gasteiger partial charge in [-0.15, -0.1) is 0 Å². The summed E-state index contributed by atoms with van der Waals surface area (Å²) in [7, 11) is 2.21. The van der Waals surface area contributed by atoms with Crippen molar-refractivity contribution in [3.63, 3.8) is 0 Å². The number of ether oxygens (including phenoxy) is 1. The summed E-state index contributed by atoms with van der Waals surface area (Å²) in [6, 6.07) is 0.681. The molecule has 3 aliphatic rings. The lowest BCUT2D eigenvalue weighted by molar-refractivity contribution is -0.0368. The SMILES string of the molecule is CN1CCN(C2COC3(CNC3)C2)CC1. The minimum atomic E-state index is 0.216. The van der Waals surface area contributed by atoms with Crippen molar-refractivity contribution >= 4 is 0 Å². The van der Waals surface area contributed by atoms with Crippen molar-refractivity contribution in [2.24, 2.45) is 0 Å². The highest BCUT2D eigenvalue weighted by molar-refractivity contribution is 5.02. The molecule has 3 fully saturated rings. The maximum absolute atomic E-state index is 5.95. The second-order valence-electron chi connectivity index (χ2n) is 5.29. The van der Waals surface area contributed by atoms with Gasteiger partial charge < -0.3 is 15.0 Å². The third-order valence-corrected chi connectivity index (χ3v) is 4.14. The van der Waals surface area contributed by atoms with Gasteiger partial charge in [0.1, 0.15) is 0 Å². The van der Waals surface area contributed by atoms with Crippen molar-refractivity contribution in [3.05, 3.63) is 0 Å². The van der Waals surface area contributed by atoms with E-state index in [0.29, 0.717) is 6.04 Å². The van der Waals surface area contributed by atoms with Gasteiger partial charge in [0, 0.05) is 45.3 Å². The third kappa shape index (κ3) is 1.80. The molecule has 0 aromatic rings.